The summed E-state index contributed by atoms with van der Waals surface area (Å²) in [7, 11) is 0. The molecule has 0 atom stereocenters. The van der Waals surface area contributed by atoms with Crippen LogP contribution in [0.4, 0.5) is 4.79 Å². The van der Waals surface area contributed by atoms with E-state index in [2.05, 4.69) is 4.74 Å². The summed E-state index contributed by atoms with van der Waals surface area (Å²) >= 11 is 0. The van der Waals surface area contributed by atoms with Gasteiger partial charge in [0.25, 0.3) is 5.91 Å². The highest BCUT2D eigenvalue weighted by atomic mass is 16.6. The van der Waals surface area contributed by atoms with E-state index in [1.165, 1.54) is 6.92 Å². The molecule has 0 N–H and O–H groups in total. The molecule has 0 aliphatic carbocycles. The number of likely N-dealkylation sites (tertiary alicyclic amines) is 2. The first-order valence-electron chi connectivity index (χ1n) is 7.50. The second kappa shape index (κ2) is 5.58. The van der Waals surface area contributed by atoms with Gasteiger partial charge < -0.3 is 14.5 Å². The van der Waals surface area contributed by atoms with Crippen molar-refractivity contribution < 1.29 is 23.9 Å². The van der Waals surface area contributed by atoms with Crippen molar-refractivity contribution in [2.24, 2.45) is 5.92 Å². The fraction of sp³-hybridized carbons (Fsp3) is 0.714. The summed E-state index contributed by atoms with van der Waals surface area (Å²) in [5.74, 6) is -0.310. The molecule has 4 amide bonds. The Labute approximate surface area is 128 Å². The molecule has 8 heteroatoms. The van der Waals surface area contributed by atoms with Gasteiger partial charge in [0.15, 0.2) is 6.61 Å². The van der Waals surface area contributed by atoms with Gasteiger partial charge in [-0.15, -0.1) is 0 Å². The van der Waals surface area contributed by atoms with Gasteiger partial charge in [0.1, 0.15) is 0 Å². The van der Waals surface area contributed by atoms with E-state index in [0.29, 0.717) is 39.0 Å². The lowest BCUT2D eigenvalue weighted by Gasteiger charge is -2.44. The van der Waals surface area contributed by atoms with Crippen LogP contribution in [0.15, 0.2) is 0 Å². The van der Waals surface area contributed by atoms with E-state index < -0.39 is 6.09 Å². The molecule has 3 heterocycles. The largest absolute Gasteiger partial charge is 0.439 e. The van der Waals surface area contributed by atoms with Gasteiger partial charge >= 0.3 is 6.09 Å². The summed E-state index contributed by atoms with van der Waals surface area (Å²) in [5.41, 5.74) is 0. The van der Waals surface area contributed by atoms with Gasteiger partial charge in [-0.2, -0.15) is 0 Å². The highest BCUT2D eigenvalue weighted by Gasteiger charge is 2.45. The van der Waals surface area contributed by atoms with Crippen LogP contribution in [0.5, 0.6) is 0 Å². The Hall–Kier alpha value is -2.12. The van der Waals surface area contributed by atoms with E-state index in [-0.39, 0.29) is 36.3 Å². The minimum atomic E-state index is -0.614. The van der Waals surface area contributed by atoms with Gasteiger partial charge in [-0.3, -0.25) is 14.4 Å². The van der Waals surface area contributed by atoms with Crippen LogP contribution in [-0.4, -0.2) is 77.3 Å². The number of nitrogens with zero attached hydrogens (tertiary/aromatic N) is 3. The van der Waals surface area contributed by atoms with Crippen molar-refractivity contribution in [1.82, 2.24) is 14.7 Å². The van der Waals surface area contributed by atoms with Crippen LogP contribution in [0.3, 0.4) is 0 Å². The van der Waals surface area contributed by atoms with E-state index in [1.54, 1.807) is 9.80 Å². The number of imide groups is 1. The Morgan fingerprint density at radius 1 is 1.09 bits per heavy atom. The van der Waals surface area contributed by atoms with Crippen LogP contribution >= 0.6 is 0 Å². The molecule has 3 fully saturated rings. The summed E-state index contributed by atoms with van der Waals surface area (Å²) in [6.45, 7) is 3.32. The van der Waals surface area contributed by atoms with Gasteiger partial charge in [0.2, 0.25) is 11.8 Å². The summed E-state index contributed by atoms with van der Waals surface area (Å²) < 4.78 is 4.68. The first-order valence-corrected chi connectivity index (χ1v) is 7.50. The molecule has 8 nitrogen and oxygen atoms in total. The van der Waals surface area contributed by atoms with E-state index in [1.807, 2.05) is 0 Å². The van der Waals surface area contributed by atoms with Crippen LogP contribution in [0.2, 0.25) is 0 Å². The molecule has 3 rings (SSSR count). The summed E-state index contributed by atoms with van der Waals surface area (Å²) in [6.07, 6.45) is 0.728. The number of carbonyl (C=O) groups is 4. The molecule has 0 saturated carbocycles. The van der Waals surface area contributed by atoms with E-state index in [9.17, 15) is 19.2 Å². The number of piperidine rings is 1. The molecule has 22 heavy (non-hydrogen) atoms. The Kier molecular flexibility index (Phi) is 3.76. The van der Waals surface area contributed by atoms with Crippen LogP contribution < -0.4 is 0 Å². The molecule has 120 valence electrons. The number of hydrogen-bond donors (Lipinski definition) is 0. The lowest BCUT2D eigenvalue weighted by atomic mass is 9.93. The summed E-state index contributed by atoms with van der Waals surface area (Å²) in [5, 5.41) is 0. The topological polar surface area (TPSA) is 87.2 Å². The van der Waals surface area contributed by atoms with Crippen molar-refractivity contribution in [3.05, 3.63) is 0 Å². The SMILES string of the molecule is CC(=O)N1CCC(C(=O)N2CC(N3C(=O)COC3=O)C2)CC1. The molecule has 0 aromatic heterocycles. The van der Waals surface area contributed by atoms with Crippen molar-refractivity contribution in [3.8, 4) is 0 Å². The van der Waals surface area contributed by atoms with Crippen molar-refractivity contribution in [1.29, 1.82) is 0 Å². The molecule has 3 aliphatic rings. The molecular formula is C14H19N3O5. The summed E-state index contributed by atoms with van der Waals surface area (Å²) in [4.78, 5) is 51.2. The monoisotopic (exact) mass is 309 g/mol. The fourth-order valence-corrected chi connectivity index (χ4v) is 3.22. The number of ether oxygens (including phenoxy) is 1. The molecule has 0 unspecified atom stereocenters. The molecule has 0 radical (unpaired) electrons. The smallest absolute Gasteiger partial charge is 0.417 e. The lowest BCUT2D eigenvalue weighted by Crippen LogP contribution is -2.63. The van der Waals surface area contributed by atoms with Crippen LogP contribution in [-0.2, 0) is 19.1 Å². The standard InChI is InChI=1S/C14H19N3O5/c1-9(18)15-4-2-10(3-5-15)13(20)16-6-11(7-16)17-12(19)8-22-14(17)21/h10-11H,2-8H2,1H3. The molecule has 0 spiro atoms. The van der Waals surface area contributed by atoms with E-state index in [4.69, 9.17) is 0 Å². The molecule has 3 saturated heterocycles. The van der Waals surface area contributed by atoms with E-state index >= 15 is 0 Å². The molecule has 0 aromatic carbocycles. The Morgan fingerprint density at radius 2 is 1.73 bits per heavy atom. The lowest BCUT2D eigenvalue weighted by molar-refractivity contribution is -0.147. The Balaban J connectivity index is 1.49. The van der Waals surface area contributed by atoms with Gasteiger partial charge in [-0.1, -0.05) is 0 Å². The maximum atomic E-state index is 12.4. The third kappa shape index (κ3) is 2.53. The Morgan fingerprint density at radius 3 is 2.23 bits per heavy atom. The normalized spacial score (nSPS) is 23.6. The minimum absolute atomic E-state index is 0.0426. The average Bonchev–Trinajstić information content (AvgIpc) is 2.78. The van der Waals surface area contributed by atoms with Gasteiger partial charge in [0, 0.05) is 39.0 Å². The first kappa shape index (κ1) is 14.8. The zero-order valence-corrected chi connectivity index (χ0v) is 12.5. The summed E-state index contributed by atoms with van der Waals surface area (Å²) in [6, 6.07) is -0.260. The van der Waals surface area contributed by atoms with Crippen molar-refractivity contribution in [2.45, 2.75) is 25.8 Å². The predicted molar refractivity (Wildman–Crippen MR) is 73.5 cm³/mol. The third-order valence-corrected chi connectivity index (χ3v) is 4.61. The van der Waals surface area contributed by atoms with Crippen molar-refractivity contribution >= 4 is 23.8 Å². The number of cyclic esters (lactones) is 1. The second-order valence-electron chi connectivity index (χ2n) is 6.00. The zero-order chi connectivity index (χ0) is 15.9. The van der Waals surface area contributed by atoms with E-state index in [0.717, 1.165) is 4.90 Å². The second-order valence-corrected chi connectivity index (χ2v) is 6.00. The predicted octanol–water partition coefficient (Wildman–Crippen LogP) is -0.565. The quantitative estimate of drug-likeness (QED) is 0.682. The molecule has 0 aromatic rings. The minimum Gasteiger partial charge on any atom is -0.439 e. The van der Waals surface area contributed by atoms with Crippen LogP contribution in [0.1, 0.15) is 19.8 Å². The maximum absolute atomic E-state index is 12.4. The average molecular weight is 309 g/mol. The molecular weight excluding hydrogens is 290 g/mol. The third-order valence-electron chi connectivity index (χ3n) is 4.61. The van der Waals surface area contributed by atoms with Gasteiger partial charge in [-0.05, 0) is 12.8 Å². The number of hydrogen-bond acceptors (Lipinski definition) is 5. The van der Waals surface area contributed by atoms with Crippen LogP contribution in [0.25, 0.3) is 0 Å². The number of amides is 4. The number of carbonyl (C=O) groups excluding carboxylic acids is 4. The maximum Gasteiger partial charge on any atom is 0.417 e. The van der Waals surface area contributed by atoms with Gasteiger partial charge in [0.05, 0.1) is 6.04 Å². The molecule has 3 aliphatic heterocycles. The number of rotatable bonds is 2. The van der Waals surface area contributed by atoms with Crippen molar-refractivity contribution in [3.63, 3.8) is 0 Å². The highest BCUT2D eigenvalue weighted by Crippen LogP contribution is 2.25. The zero-order valence-electron chi connectivity index (χ0n) is 12.5. The first-order chi connectivity index (χ1) is 10.5. The van der Waals surface area contributed by atoms with Crippen molar-refractivity contribution in [2.75, 3.05) is 32.8 Å². The Bertz CT molecular complexity index is 505. The fourth-order valence-electron chi connectivity index (χ4n) is 3.22. The van der Waals surface area contributed by atoms with Gasteiger partial charge in [-0.25, -0.2) is 9.69 Å². The highest BCUT2D eigenvalue weighted by molar-refractivity contribution is 5.98. The molecule has 0 bridgehead atoms. The van der Waals surface area contributed by atoms with Crippen LogP contribution in [0, 0.1) is 5.92 Å².